The second-order valence-corrected chi connectivity index (χ2v) is 11.1. The molecule has 0 saturated heterocycles. The molecule has 0 aliphatic carbocycles. The zero-order valence-corrected chi connectivity index (χ0v) is 23.1. The molecule has 2 aromatic heterocycles. The molecule has 0 aliphatic heterocycles. The van der Waals surface area contributed by atoms with E-state index >= 15 is 0 Å². The number of fused-ring (bicyclic) bond motifs is 1. The third-order valence-electron chi connectivity index (χ3n) is 6.37. The number of imidazole rings is 1. The Bertz CT molecular complexity index is 1740. The maximum absolute atomic E-state index is 12.2. The summed E-state index contributed by atoms with van der Waals surface area (Å²) < 4.78 is 28.3. The first-order chi connectivity index (χ1) is 18.7. The van der Waals surface area contributed by atoms with E-state index in [9.17, 15) is 8.42 Å². The molecular weight excluding hydrogens is 536 g/mol. The lowest BCUT2D eigenvalue weighted by molar-refractivity contribution is 0.593. The minimum absolute atomic E-state index is 0.0667. The van der Waals surface area contributed by atoms with Crippen LogP contribution < -0.4 is 19.8 Å². The number of hydrogen-bond donors (Lipinski definition) is 3. The van der Waals surface area contributed by atoms with Gasteiger partial charge in [-0.3, -0.25) is 0 Å². The number of anilines is 5. The van der Waals surface area contributed by atoms with Gasteiger partial charge in [0, 0.05) is 38.2 Å². The number of aryl methyl sites for hydroxylation is 2. The van der Waals surface area contributed by atoms with E-state index < -0.39 is 10.0 Å². The Morgan fingerprint density at radius 3 is 2.56 bits per heavy atom. The summed E-state index contributed by atoms with van der Waals surface area (Å²) in [5, 5.41) is 6.48. The van der Waals surface area contributed by atoms with Crippen LogP contribution in [0, 0.1) is 6.92 Å². The standard InChI is InChI=1S/C27H27ClN8O2S/c1-18-9-10-20(15-24(18)39(37,38)34-28)31-26-29-14-13-25(33-26)35(2)21-11-12-23-22(16-21)32-27(36(23)3)30-17-19-7-5-4-6-8-19/h4-16,34H,17H2,1-3H3,(H,30,32)(H,29,31,33). The Balaban J connectivity index is 1.36. The summed E-state index contributed by atoms with van der Waals surface area (Å²) in [6, 6.07) is 22.9. The van der Waals surface area contributed by atoms with Crippen LogP contribution in [0.5, 0.6) is 0 Å². The highest BCUT2D eigenvalue weighted by atomic mass is 35.5. The van der Waals surface area contributed by atoms with Gasteiger partial charge in [0.15, 0.2) is 0 Å². The largest absolute Gasteiger partial charge is 0.352 e. The quantitative estimate of drug-likeness (QED) is 0.209. The van der Waals surface area contributed by atoms with Gasteiger partial charge in [-0.15, -0.1) is 4.24 Å². The van der Waals surface area contributed by atoms with E-state index in [1.165, 1.54) is 11.6 Å². The molecule has 3 aromatic carbocycles. The molecule has 0 saturated carbocycles. The van der Waals surface area contributed by atoms with Gasteiger partial charge in [-0.2, -0.15) is 4.98 Å². The van der Waals surface area contributed by atoms with Gasteiger partial charge in [-0.25, -0.2) is 18.4 Å². The molecule has 0 aliphatic rings. The Labute approximate surface area is 231 Å². The molecule has 0 spiro atoms. The van der Waals surface area contributed by atoms with Crippen molar-refractivity contribution in [1.29, 1.82) is 0 Å². The van der Waals surface area contributed by atoms with Crippen molar-refractivity contribution in [2.75, 3.05) is 22.6 Å². The minimum Gasteiger partial charge on any atom is -0.352 e. The Morgan fingerprint density at radius 1 is 1.00 bits per heavy atom. The molecule has 0 unspecified atom stereocenters. The van der Waals surface area contributed by atoms with Gasteiger partial charge in [0.25, 0.3) is 10.0 Å². The average molecular weight is 563 g/mol. The number of benzene rings is 3. The highest BCUT2D eigenvalue weighted by molar-refractivity contribution is 7.90. The lowest BCUT2D eigenvalue weighted by atomic mass is 10.2. The smallest absolute Gasteiger partial charge is 0.254 e. The summed E-state index contributed by atoms with van der Waals surface area (Å²) >= 11 is 5.42. The summed E-state index contributed by atoms with van der Waals surface area (Å²) in [5.74, 6) is 1.75. The zero-order valence-electron chi connectivity index (χ0n) is 21.6. The Kier molecular flexibility index (Phi) is 7.38. The van der Waals surface area contributed by atoms with Gasteiger partial charge < -0.3 is 20.1 Å². The maximum atomic E-state index is 12.2. The molecule has 39 heavy (non-hydrogen) atoms. The van der Waals surface area contributed by atoms with E-state index in [-0.39, 0.29) is 4.90 Å². The van der Waals surface area contributed by atoms with E-state index in [2.05, 4.69) is 32.7 Å². The van der Waals surface area contributed by atoms with Crippen LogP contribution >= 0.6 is 11.8 Å². The minimum atomic E-state index is -3.82. The summed E-state index contributed by atoms with van der Waals surface area (Å²) in [6.07, 6.45) is 1.64. The fourth-order valence-corrected chi connectivity index (χ4v) is 5.30. The van der Waals surface area contributed by atoms with Crippen LogP contribution in [-0.4, -0.2) is 35.0 Å². The molecule has 0 fully saturated rings. The summed E-state index contributed by atoms with van der Waals surface area (Å²) in [6.45, 7) is 2.37. The normalized spacial score (nSPS) is 11.5. The summed E-state index contributed by atoms with van der Waals surface area (Å²) in [7, 11) is 0.0713. The van der Waals surface area contributed by atoms with Gasteiger partial charge in [0.1, 0.15) is 5.82 Å². The van der Waals surface area contributed by atoms with Gasteiger partial charge in [-0.1, -0.05) is 36.4 Å². The van der Waals surface area contributed by atoms with E-state index in [1.54, 1.807) is 31.3 Å². The van der Waals surface area contributed by atoms with E-state index in [4.69, 9.17) is 16.8 Å². The number of halogens is 1. The Morgan fingerprint density at radius 2 is 1.79 bits per heavy atom. The third kappa shape index (κ3) is 5.65. The van der Waals surface area contributed by atoms with Crippen LogP contribution in [0.25, 0.3) is 11.0 Å². The lowest BCUT2D eigenvalue weighted by Gasteiger charge is -2.19. The van der Waals surface area contributed by atoms with E-state index in [0.717, 1.165) is 22.7 Å². The monoisotopic (exact) mass is 562 g/mol. The van der Waals surface area contributed by atoms with Gasteiger partial charge in [-0.05, 0) is 66.2 Å². The highest BCUT2D eigenvalue weighted by Crippen LogP contribution is 2.28. The molecule has 0 bridgehead atoms. The number of nitrogens with one attached hydrogen (secondary N) is 3. The first kappa shape index (κ1) is 26.4. The molecule has 0 amide bonds. The van der Waals surface area contributed by atoms with Gasteiger partial charge in [0.2, 0.25) is 11.9 Å². The second-order valence-electron chi connectivity index (χ2n) is 8.99. The predicted octanol–water partition coefficient (Wildman–Crippen LogP) is 5.23. The van der Waals surface area contributed by atoms with Crippen molar-refractivity contribution in [3.8, 4) is 0 Å². The number of hydrogen-bond acceptors (Lipinski definition) is 8. The van der Waals surface area contributed by atoms with E-state index in [0.29, 0.717) is 29.6 Å². The van der Waals surface area contributed by atoms with Crippen LogP contribution in [0.3, 0.4) is 0 Å². The van der Waals surface area contributed by atoms with Crippen molar-refractivity contribution in [2.45, 2.75) is 18.4 Å². The molecule has 12 heteroatoms. The molecule has 0 radical (unpaired) electrons. The lowest BCUT2D eigenvalue weighted by Crippen LogP contribution is -2.15. The average Bonchev–Trinajstić information content (AvgIpc) is 3.27. The Hall–Kier alpha value is -4.19. The van der Waals surface area contributed by atoms with Crippen LogP contribution in [0.2, 0.25) is 0 Å². The third-order valence-corrected chi connectivity index (χ3v) is 8.20. The number of rotatable bonds is 9. The molecule has 2 heterocycles. The molecule has 3 N–H and O–H groups in total. The maximum Gasteiger partial charge on any atom is 0.254 e. The topological polar surface area (TPSA) is 117 Å². The second kappa shape index (κ2) is 10.9. The van der Waals surface area contributed by atoms with E-state index in [1.807, 2.05) is 64.2 Å². The highest BCUT2D eigenvalue weighted by Gasteiger charge is 2.17. The molecule has 5 aromatic rings. The van der Waals surface area contributed by atoms with Crippen molar-refractivity contribution in [1.82, 2.24) is 23.8 Å². The number of aromatic nitrogens is 4. The van der Waals surface area contributed by atoms with Crippen LogP contribution in [0.15, 0.2) is 83.9 Å². The van der Waals surface area contributed by atoms with Crippen molar-refractivity contribution in [3.05, 3.63) is 90.1 Å². The van der Waals surface area contributed by atoms with Crippen LogP contribution in [0.1, 0.15) is 11.1 Å². The first-order valence-electron chi connectivity index (χ1n) is 12.1. The van der Waals surface area contributed by atoms with Crippen molar-refractivity contribution in [2.24, 2.45) is 7.05 Å². The molecule has 200 valence electrons. The molecular formula is C27H27ClN8O2S. The predicted molar refractivity (Wildman–Crippen MR) is 155 cm³/mol. The fourth-order valence-electron chi connectivity index (χ4n) is 4.20. The zero-order chi connectivity index (χ0) is 27.6. The molecule has 5 rings (SSSR count). The first-order valence-corrected chi connectivity index (χ1v) is 13.9. The van der Waals surface area contributed by atoms with Gasteiger partial charge >= 0.3 is 0 Å². The van der Waals surface area contributed by atoms with Gasteiger partial charge in [0.05, 0.1) is 15.9 Å². The van der Waals surface area contributed by atoms with Crippen molar-refractivity contribution in [3.63, 3.8) is 0 Å². The van der Waals surface area contributed by atoms with Crippen molar-refractivity contribution >= 4 is 61.9 Å². The number of nitrogens with zero attached hydrogens (tertiary/aromatic N) is 5. The number of sulfonamides is 1. The van der Waals surface area contributed by atoms with Crippen LogP contribution in [0.4, 0.5) is 29.1 Å². The molecule has 10 nitrogen and oxygen atoms in total. The van der Waals surface area contributed by atoms with Crippen molar-refractivity contribution < 1.29 is 8.42 Å². The summed E-state index contributed by atoms with van der Waals surface area (Å²) in [5.41, 5.74) is 5.01. The molecule has 0 atom stereocenters. The van der Waals surface area contributed by atoms with Crippen LogP contribution in [-0.2, 0) is 23.6 Å². The summed E-state index contributed by atoms with van der Waals surface area (Å²) in [4.78, 5) is 15.7. The fraction of sp³-hybridized carbons (Fsp3) is 0.148. The SMILES string of the molecule is Cc1ccc(Nc2nccc(N(C)c3ccc4c(c3)nc(NCc3ccccc3)n4C)n2)cc1S(=O)(=O)NCl.